The van der Waals surface area contributed by atoms with Gasteiger partial charge in [0.2, 0.25) is 0 Å². The third-order valence-electron chi connectivity index (χ3n) is 4.91. The van der Waals surface area contributed by atoms with E-state index in [1.54, 1.807) is 16.7 Å². The molecule has 3 heterocycles. The van der Waals surface area contributed by atoms with Crippen molar-refractivity contribution in [3.63, 3.8) is 0 Å². The number of aromatic nitrogens is 2. The molecule has 8 heteroatoms. The molecule has 1 aromatic carbocycles. The number of aryl methyl sites for hydroxylation is 1. The van der Waals surface area contributed by atoms with Crippen LogP contribution in [0.5, 0.6) is 5.75 Å². The van der Waals surface area contributed by atoms with Gasteiger partial charge >= 0.3 is 0 Å². The van der Waals surface area contributed by atoms with Crippen molar-refractivity contribution < 1.29 is 9.53 Å². The highest BCUT2D eigenvalue weighted by atomic mass is 32.1. The summed E-state index contributed by atoms with van der Waals surface area (Å²) in [5.41, 5.74) is 1.74. The number of carbonyl (C=O) groups excluding carboxylic acids is 1. The van der Waals surface area contributed by atoms with Gasteiger partial charge in [-0.05, 0) is 18.6 Å². The number of amides is 1. The van der Waals surface area contributed by atoms with E-state index < -0.39 is 0 Å². The number of carbonyl (C=O) groups is 1. The van der Waals surface area contributed by atoms with Crippen LogP contribution < -0.4 is 10.3 Å². The molecule has 3 aromatic rings. The van der Waals surface area contributed by atoms with Crippen LogP contribution in [-0.2, 0) is 11.3 Å². The first-order valence-electron chi connectivity index (χ1n) is 9.24. The van der Waals surface area contributed by atoms with Gasteiger partial charge in [-0.1, -0.05) is 18.2 Å². The SMILES string of the molecule is Cc1ccccc1OCC(=O)N1CCN(Cc2cc(=O)n3ccsc3n2)CC1. The molecule has 0 unspecified atom stereocenters. The van der Waals surface area contributed by atoms with E-state index in [2.05, 4.69) is 9.88 Å². The second kappa shape index (κ2) is 8.12. The van der Waals surface area contributed by atoms with Crippen molar-refractivity contribution in [2.24, 2.45) is 0 Å². The predicted octanol–water partition coefficient (Wildman–Crippen LogP) is 1.79. The molecule has 1 aliphatic heterocycles. The second-order valence-corrected chi connectivity index (χ2v) is 7.73. The quantitative estimate of drug-likeness (QED) is 0.656. The van der Waals surface area contributed by atoms with Crippen molar-refractivity contribution in [2.45, 2.75) is 13.5 Å². The fourth-order valence-corrected chi connectivity index (χ4v) is 4.04. The lowest BCUT2D eigenvalue weighted by atomic mass is 10.2. The fourth-order valence-electron chi connectivity index (χ4n) is 3.30. The van der Waals surface area contributed by atoms with Gasteiger partial charge in [-0.2, -0.15) is 0 Å². The van der Waals surface area contributed by atoms with E-state index in [1.807, 2.05) is 41.5 Å². The second-order valence-electron chi connectivity index (χ2n) is 6.85. The van der Waals surface area contributed by atoms with Crippen molar-refractivity contribution in [1.82, 2.24) is 19.2 Å². The van der Waals surface area contributed by atoms with Gasteiger partial charge in [0.15, 0.2) is 11.6 Å². The van der Waals surface area contributed by atoms with Gasteiger partial charge in [0, 0.05) is 50.4 Å². The van der Waals surface area contributed by atoms with Gasteiger partial charge in [-0.3, -0.25) is 18.9 Å². The fraction of sp³-hybridized carbons (Fsp3) is 0.350. The number of piperazine rings is 1. The summed E-state index contributed by atoms with van der Waals surface area (Å²) in [6, 6.07) is 9.28. The molecule has 0 aliphatic carbocycles. The van der Waals surface area contributed by atoms with Gasteiger partial charge in [0.05, 0.1) is 5.69 Å². The molecule has 0 N–H and O–H groups in total. The number of benzene rings is 1. The molecule has 1 aliphatic rings. The smallest absolute Gasteiger partial charge is 0.260 e. The summed E-state index contributed by atoms with van der Waals surface area (Å²) >= 11 is 1.45. The number of hydrogen-bond acceptors (Lipinski definition) is 6. The minimum atomic E-state index is -0.0524. The maximum Gasteiger partial charge on any atom is 0.260 e. The Morgan fingerprint density at radius 1 is 1.21 bits per heavy atom. The van der Waals surface area contributed by atoms with Gasteiger partial charge < -0.3 is 9.64 Å². The van der Waals surface area contributed by atoms with E-state index in [0.717, 1.165) is 30.1 Å². The molecule has 146 valence electrons. The van der Waals surface area contributed by atoms with Crippen LogP contribution in [0.2, 0.25) is 0 Å². The number of ether oxygens (including phenoxy) is 1. The predicted molar refractivity (Wildman–Crippen MR) is 108 cm³/mol. The van der Waals surface area contributed by atoms with Crippen LogP contribution in [0.4, 0.5) is 0 Å². The first-order chi connectivity index (χ1) is 13.6. The van der Waals surface area contributed by atoms with Crippen molar-refractivity contribution in [2.75, 3.05) is 32.8 Å². The highest BCUT2D eigenvalue weighted by molar-refractivity contribution is 7.15. The third-order valence-corrected chi connectivity index (χ3v) is 5.67. The van der Waals surface area contributed by atoms with E-state index >= 15 is 0 Å². The summed E-state index contributed by atoms with van der Waals surface area (Å²) in [5, 5.41) is 1.86. The van der Waals surface area contributed by atoms with Crippen LogP contribution in [0.15, 0.2) is 46.7 Å². The lowest BCUT2D eigenvalue weighted by Gasteiger charge is -2.34. The van der Waals surface area contributed by atoms with Crippen LogP contribution in [-0.4, -0.2) is 57.9 Å². The topological polar surface area (TPSA) is 67.2 Å². The molecular weight excluding hydrogens is 376 g/mol. The van der Waals surface area contributed by atoms with E-state index in [1.165, 1.54) is 11.3 Å². The zero-order valence-corrected chi connectivity index (χ0v) is 16.5. The standard InChI is InChI=1S/C20H22N4O3S/c1-15-4-2-3-5-17(15)27-14-19(26)23-8-6-22(7-9-23)13-16-12-18(25)24-10-11-28-20(24)21-16/h2-5,10-12H,6-9,13-14H2,1H3. The van der Waals surface area contributed by atoms with Crippen LogP contribution in [0.3, 0.4) is 0 Å². The highest BCUT2D eigenvalue weighted by Crippen LogP contribution is 2.16. The van der Waals surface area contributed by atoms with Crippen molar-refractivity contribution >= 4 is 22.2 Å². The van der Waals surface area contributed by atoms with Crippen LogP contribution in [0.1, 0.15) is 11.3 Å². The number of rotatable bonds is 5. The van der Waals surface area contributed by atoms with Gasteiger partial charge in [0.1, 0.15) is 5.75 Å². The van der Waals surface area contributed by atoms with Crippen molar-refractivity contribution in [3.8, 4) is 5.75 Å². The normalized spacial score (nSPS) is 15.1. The largest absolute Gasteiger partial charge is 0.484 e. The Balaban J connectivity index is 1.29. The Kier molecular flexibility index (Phi) is 5.40. The third kappa shape index (κ3) is 4.07. The summed E-state index contributed by atoms with van der Waals surface area (Å²) in [7, 11) is 0. The van der Waals surface area contributed by atoms with Crippen LogP contribution in [0, 0.1) is 6.92 Å². The van der Waals surface area contributed by atoms with Crippen LogP contribution in [0.25, 0.3) is 4.96 Å². The minimum absolute atomic E-state index is 0.000669. The number of nitrogens with zero attached hydrogens (tertiary/aromatic N) is 4. The molecule has 7 nitrogen and oxygen atoms in total. The minimum Gasteiger partial charge on any atom is -0.484 e. The Labute approximate surface area is 166 Å². The Bertz CT molecular complexity index is 1040. The summed E-state index contributed by atoms with van der Waals surface area (Å²) in [6.45, 7) is 5.44. The number of fused-ring (bicyclic) bond motifs is 1. The van der Waals surface area contributed by atoms with Crippen molar-refractivity contribution in [1.29, 1.82) is 0 Å². The number of hydrogen-bond donors (Lipinski definition) is 0. The van der Waals surface area contributed by atoms with E-state index in [4.69, 9.17) is 4.74 Å². The lowest BCUT2D eigenvalue weighted by Crippen LogP contribution is -2.49. The number of thiazole rings is 1. The molecule has 0 saturated carbocycles. The zero-order chi connectivity index (χ0) is 19.5. The molecule has 1 saturated heterocycles. The highest BCUT2D eigenvalue weighted by Gasteiger charge is 2.22. The molecule has 1 fully saturated rings. The summed E-state index contributed by atoms with van der Waals surface area (Å²) in [5.74, 6) is 0.745. The average molecular weight is 398 g/mol. The summed E-state index contributed by atoms with van der Waals surface area (Å²) in [4.78, 5) is 33.9. The monoisotopic (exact) mass is 398 g/mol. The van der Waals surface area contributed by atoms with E-state index in [9.17, 15) is 9.59 Å². The molecule has 2 aromatic heterocycles. The molecule has 0 radical (unpaired) electrons. The summed E-state index contributed by atoms with van der Waals surface area (Å²) in [6.07, 6.45) is 1.74. The zero-order valence-electron chi connectivity index (χ0n) is 15.7. The first kappa shape index (κ1) is 18.6. The molecule has 1 amide bonds. The number of para-hydroxylation sites is 1. The maximum atomic E-state index is 12.4. The molecule has 28 heavy (non-hydrogen) atoms. The average Bonchev–Trinajstić information content (AvgIpc) is 3.17. The van der Waals surface area contributed by atoms with E-state index in [0.29, 0.717) is 24.6 Å². The molecule has 4 rings (SSSR count). The van der Waals surface area contributed by atoms with Gasteiger partial charge in [0.25, 0.3) is 11.5 Å². The maximum absolute atomic E-state index is 12.4. The Hall–Kier alpha value is -2.71. The van der Waals surface area contributed by atoms with Gasteiger partial charge in [-0.15, -0.1) is 11.3 Å². The molecular formula is C20H22N4O3S. The van der Waals surface area contributed by atoms with Crippen molar-refractivity contribution in [3.05, 3.63) is 63.5 Å². The Morgan fingerprint density at radius 3 is 2.79 bits per heavy atom. The van der Waals surface area contributed by atoms with Crippen LogP contribution >= 0.6 is 11.3 Å². The van der Waals surface area contributed by atoms with Gasteiger partial charge in [-0.25, -0.2) is 4.98 Å². The summed E-state index contributed by atoms with van der Waals surface area (Å²) < 4.78 is 7.22. The lowest BCUT2D eigenvalue weighted by molar-refractivity contribution is -0.135. The van der Waals surface area contributed by atoms with E-state index in [-0.39, 0.29) is 18.1 Å². The molecule has 0 atom stereocenters. The molecule has 0 bridgehead atoms. The first-order valence-corrected chi connectivity index (χ1v) is 10.1. The Morgan fingerprint density at radius 2 is 2.00 bits per heavy atom. The molecule has 0 spiro atoms.